The van der Waals surface area contributed by atoms with Crippen LogP contribution in [0.1, 0.15) is 21.9 Å². The zero-order valence-electron chi connectivity index (χ0n) is 16.0. The number of hydrogen-bond donors (Lipinski definition) is 0. The average Bonchev–Trinajstić information content (AvgIpc) is 3.21. The van der Waals surface area contributed by atoms with Gasteiger partial charge in [0.1, 0.15) is 11.4 Å². The van der Waals surface area contributed by atoms with Crippen LogP contribution in [0.25, 0.3) is 5.69 Å². The van der Waals surface area contributed by atoms with Crippen LogP contribution in [0.2, 0.25) is 5.02 Å². The summed E-state index contributed by atoms with van der Waals surface area (Å²) >= 11 is 7.68. The van der Waals surface area contributed by atoms with Crippen LogP contribution < -0.4 is 4.74 Å². The second-order valence-electron chi connectivity index (χ2n) is 6.51. The van der Waals surface area contributed by atoms with Gasteiger partial charge in [0.25, 0.3) is 0 Å². The van der Waals surface area contributed by atoms with E-state index in [2.05, 4.69) is 27.7 Å². The van der Waals surface area contributed by atoms with Gasteiger partial charge in [-0.05, 0) is 58.3 Å². The van der Waals surface area contributed by atoms with Crippen molar-refractivity contribution in [3.05, 3.63) is 94.5 Å². The van der Waals surface area contributed by atoms with Gasteiger partial charge >= 0.3 is 0 Å². The van der Waals surface area contributed by atoms with Crippen molar-refractivity contribution in [1.29, 1.82) is 0 Å². The van der Waals surface area contributed by atoms with Crippen LogP contribution in [0, 0.1) is 6.92 Å². The summed E-state index contributed by atoms with van der Waals surface area (Å²) in [6.07, 6.45) is 0. The standard InChI is InChI=1S/C22H19ClN4OS/c1-15-8-13-20(28-2)19(14-15)27-22(24-25-26-27)29-21(16-6-4-3-5-7-16)17-9-11-18(23)12-10-17/h3-14,21H,1-2H3/t21-/m0/s1. The maximum Gasteiger partial charge on any atom is 0.215 e. The minimum Gasteiger partial charge on any atom is -0.494 e. The zero-order valence-corrected chi connectivity index (χ0v) is 17.6. The summed E-state index contributed by atoms with van der Waals surface area (Å²) in [6.45, 7) is 2.03. The van der Waals surface area contributed by atoms with E-state index >= 15 is 0 Å². The molecule has 0 saturated carbocycles. The molecule has 4 aromatic rings. The lowest BCUT2D eigenvalue weighted by Crippen LogP contribution is -2.04. The summed E-state index contributed by atoms with van der Waals surface area (Å²) in [4.78, 5) is 0. The Morgan fingerprint density at radius 2 is 1.69 bits per heavy atom. The van der Waals surface area contributed by atoms with Crippen LogP contribution in [0.5, 0.6) is 5.75 Å². The normalized spacial score (nSPS) is 12.0. The summed E-state index contributed by atoms with van der Waals surface area (Å²) < 4.78 is 7.25. The molecule has 146 valence electrons. The molecule has 7 heteroatoms. The van der Waals surface area contributed by atoms with Crippen molar-refractivity contribution < 1.29 is 4.74 Å². The molecule has 1 heterocycles. The van der Waals surface area contributed by atoms with Crippen molar-refractivity contribution in [3.8, 4) is 11.4 Å². The second-order valence-corrected chi connectivity index (χ2v) is 8.02. The highest BCUT2D eigenvalue weighted by molar-refractivity contribution is 7.99. The molecule has 0 unspecified atom stereocenters. The molecule has 1 atom stereocenters. The lowest BCUT2D eigenvalue weighted by Gasteiger charge is -2.18. The number of aryl methyl sites for hydroxylation is 1. The minimum absolute atomic E-state index is 0.00835. The van der Waals surface area contributed by atoms with E-state index in [9.17, 15) is 0 Å². The number of tetrazole rings is 1. The lowest BCUT2D eigenvalue weighted by molar-refractivity contribution is 0.410. The van der Waals surface area contributed by atoms with Crippen LogP contribution in [0.3, 0.4) is 0 Å². The Morgan fingerprint density at radius 1 is 0.966 bits per heavy atom. The third-order valence-corrected chi connectivity index (χ3v) is 6.00. The summed E-state index contributed by atoms with van der Waals surface area (Å²) in [5.74, 6) is 0.715. The zero-order chi connectivity index (χ0) is 20.2. The van der Waals surface area contributed by atoms with Crippen LogP contribution >= 0.6 is 23.4 Å². The molecule has 0 aliphatic carbocycles. The van der Waals surface area contributed by atoms with Crippen molar-refractivity contribution in [2.24, 2.45) is 0 Å². The second kappa shape index (κ2) is 8.68. The largest absolute Gasteiger partial charge is 0.494 e. The highest BCUT2D eigenvalue weighted by Gasteiger charge is 2.21. The number of ether oxygens (including phenoxy) is 1. The van der Waals surface area contributed by atoms with Crippen LogP contribution in [-0.2, 0) is 0 Å². The van der Waals surface area contributed by atoms with Gasteiger partial charge in [0, 0.05) is 5.02 Å². The van der Waals surface area contributed by atoms with Crippen molar-refractivity contribution >= 4 is 23.4 Å². The third kappa shape index (κ3) is 4.28. The van der Waals surface area contributed by atoms with E-state index in [1.54, 1.807) is 23.6 Å². The summed E-state index contributed by atoms with van der Waals surface area (Å²) in [7, 11) is 1.64. The molecular weight excluding hydrogens is 404 g/mol. The van der Waals surface area contributed by atoms with Gasteiger partial charge in [-0.2, -0.15) is 4.68 Å². The molecule has 0 aliphatic rings. The average molecular weight is 423 g/mol. The minimum atomic E-state index is 0.00835. The molecule has 5 nitrogen and oxygen atoms in total. The molecular formula is C22H19ClN4OS. The first kappa shape index (κ1) is 19.5. The monoisotopic (exact) mass is 422 g/mol. The first-order valence-electron chi connectivity index (χ1n) is 9.06. The van der Waals surface area contributed by atoms with E-state index < -0.39 is 0 Å². The van der Waals surface area contributed by atoms with E-state index in [0.717, 1.165) is 22.4 Å². The Labute approximate surface area is 178 Å². The molecule has 1 aromatic heterocycles. The van der Waals surface area contributed by atoms with Crippen molar-refractivity contribution in [3.63, 3.8) is 0 Å². The molecule has 4 rings (SSSR count). The maximum atomic E-state index is 6.10. The smallest absolute Gasteiger partial charge is 0.215 e. The van der Waals surface area contributed by atoms with Gasteiger partial charge in [-0.1, -0.05) is 71.9 Å². The predicted octanol–water partition coefficient (Wildman–Crippen LogP) is 5.51. The van der Waals surface area contributed by atoms with Crippen LogP contribution in [-0.4, -0.2) is 27.3 Å². The molecule has 0 fully saturated rings. The highest BCUT2D eigenvalue weighted by Crippen LogP contribution is 2.40. The fourth-order valence-corrected chi connectivity index (χ4v) is 4.31. The van der Waals surface area contributed by atoms with Gasteiger partial charge in [0.05, 0.1) is 12.4 Å². The van der Waals surface area contributed by atoms with Crippen LogP contribution in [0.15, 0.2) is 78.0 Å². The summed E-state index contributed by atoms with van der Waals surface area (Å²) in [5.41, 5.74) is 4.19. The fraction of sp³-hybridized carbons (Fsp3) is 0.136. The molecule has 0 amide bonds. The van der Waals surface area contributed by atoms with Crippen LogP contribution in [0.4, 0.5) is 0 Å². The number of rotatable bonds is 6. The van der Waals surface area contributed by atoms with Crippen molar-refractivity contribution in [1.82, 2.24) is 20.2 Å². The van der Waals surface area contributed by atoms with Gasteiger partial charge in [0.15, 0.2) is 0 Å². The molecule has 0 bridgehead atoms. The fourth-order valence-electron chi connectivity index (χ4n) is 3.07. The Morgan fingerprint density at radius 3 is 2.41 bits per heavy atom. The number of nitrogens with zero attached hydrogens (tertiary/aromatic N) is 4. The predicted molar refractivity (Wildman–Crippen MR) is 116 cm³/mol. The number of benzene rings is 3. The molecule has 3 aromatic carbocycles. The molecule has 0 radical (unpaired) electrons. The molecule has 0 saturated heterocycles. The Bertz CT molecular complexity index is 1100. The number of hydrogen-bond acceptors (Lipinski definition) is 5. The summed E-state index contributed by atoms with van der Waals surface area (Å²) in [5, 5.41) is 13.8. The topological polar surface area (TPSA) is 52.8 Å². The van der Waals surface area contributed by atoms with E-state index in [-0.39, 0.29) is 5.25 Å². The molecule has 0 spiro atoms. The van der Waals surface area contributed by atoms with E-state index in [4.69, 9.17) is 16.3 Å². The summed E-state index contributed by atoms with van der Waals surface area (Å²) in [6, 6.07) is 24.1. The first-order valence-corrected chi connectivity index (χ1v) is 10.3. The lowest BCUT2D eigenvalue weighted by atomic mass is 10.0. The Kier molecular flexibility index (Phi) is 5.83. The SMILES string of the molecule is COc1ccc(C)cc1-n1nnnc1S[C@@H](c1ccccc1)c1ccc(Cl)cc1. The Hall–Kier alpha value is -2.83. The quantitative estimate of drug-likeness (QED) is 0.383. The number of thioether (sulfide) groups is 1. The van der Waals surface area contributed by atoms with Gasteiger partial charge in [-0.15, -0.1) is 5.10 Å². The maximum absolute atomic E-state index is 6.10. The van der Waals surface area contributed by atoms with Gasteiger partial charge in [-0.3, -0.25) is 0 Å². The third-order valence-electron chi connectivity index (χ3n) is 4.50. The Balaban J connectivity index is 1.76. The van der Waals surface area contributed by atoms with Gasteiger partial charge in [-0.25, -0.2) is 0 Å². The first-order chi connectivity index (χ1) is 14.2. The van der Waals surface area contributed by atoms with Crippen molar-refractivity contribution in [2.75, 3.05) is 7.11 Å². The van der Waals surface area contributed by atoms with Gasteiger partial charge < -0.3 is 4.74 Å². The molecule has 29 heavy (non-hydrogen) atoms. The number of methoxy groups -OCH3 is 1. The number of halogens is 1. The highest BCUT2D eigenvalue weighted by atomic mass is 35.5. The van der Waals surface area contributed by atoms with E-state index in [0.29, 0.717) is 15.9 Å². The van der Waals surface area contributed by atoms with E-state index in [1.807, 2.05) is 67.6 Å². The number of aromatic nitrogens is 4. The van der Waals surface area contributed by atoms with Crippen molar-refractivity contribution in [2.45, 2.75) is 17.3 Å². The van der Waals surface area contributed by atoms with E-state index in [1.165, 1.54) is 0 Å². The molecule has 0 N–H and O–H groups in total. The van der Waals surface area contributed by atoms with Gasteiger partial charge in [0.2, 0.25) is 5.16 Å². The molecule has 0 aliphatic heterocycles.